The number of halogens is 6. The number of thioether (sulfide) groups is 1. The van der Waals surface area contributed by atoms with Gasteiger partial charge in [-0.25, -0.2) is 0 Å². The lowest BCUT2D eigenvalue weighted by Gasteiger charge is -2.19. The van der Waals surface area contributed by atoms with Gasteiger partial charge in [-0.3, -0.25) is 14.3 Å². The van der Waals surface area contributed by atoms with Gasteiger partial charge in [0.15, 0.2) is 0 Å². The molecule has 7 nitrogen and oxygen atoms in total. The number of likely N-dealkylation sites (N-methyl/N-ethyl adjacent to an activating group) is 1. The molecule has 2 amide bonds. The maximum absolute atomic E-state index is 13.5. The maximum atomic E-state index is 13.5. The number of nitrogens with zero attached hydrogens (tertiary/aromatic N) is 4. The Morgan fingerprint density at radius 2 is 1.85 bits per heavy atom. The predicted octanol–water partition coefficient (Wildman–Crippen LogP) is 6.19. The predicted molar refractivity (Wildman–Crippen MR) is 140 cm³/mol. The summed E-state index contributed by atoms with van der Waals surface area (Å²) in [5.41, 5.74) is -1.94. The summed E-state index contributed by atoms with van der Waals surface area (Å²) in [5, 5.41) is 7.19. The Morgan fingerprint density at radius 3 is 2.52 bits per heavy atom. The second-order valence-electron chi connectivity index (χ2n) is 9.08. The Bertz CT molecular complexity index is 1510. The molecule has 1 aliphatic heterocycles. The Kier molecular flexibility index (Phi) is 8.28. The van der Waals surface area contributed by atoms with Gasteiger partial charge in [0.1, 0.15) is 5.84 Å². The van der Waals surface area contributed by atoms with Crippen LogP contribution in [0.5, 0.6) is 0 Å². The molecule has 0 spiro atoms. The normalized spacial score (nSPS) is 15.2. The largest absolute Gasteiger partial charge is 0.416 e. The number of fused-ring (bicyclic) bond motifs is 1. The molecule has 0 bridgehead atoms. The number of nitrogens with one attached hydrogen (secondary N) is 1. The highest BCUT2D eigenvalue weighted by molar-refractivity contribution is 8.18. The van der Waals surface area contributed by atoms with Crippen molar-refractivity contribution in [2.45, 2.75) is 32.2 Å². The van der Waals surface area contributed by atoms with Gasteiger partial charge in [0, 0.05) is 38.6 Å². The minimum absolute atomic E-state index is 0.111. The van der Waals surface area contributed by atoms with Gasteiger partial charge >= 0.3 is 17.6 Å². The van der Waals surface area contributed by atoms with Crippen LogP contribution in [-0.2, 0) is 23.7 Å². The zero-order valence-corrected chi connectivity index (χ0v) is 22.0. The molecule has 4 rings (SSSR count). The quantitative estimate of drug-likeness (QED) is 0.265. The zero-order valence-electron chi connectivity index (χ0n) is 21.2. The van der Waals surface area contributed by atoms with E-state index in [1.54, 1.807) is 31.3 Å². The first-order valence-electron chi connectivity index (χ1n) is 11.9. The van der Waals surface area contributed by atoms with Gasteiger partial charge in [-0.1, -0.05) is 12.1 Å². The van der Waals surface area contributed by atoms with Crippen molar-refractivity contribution in [3.05, 3.63) is 69.8 Å². The molecule has 0 saturated carbocycles. The average Bonchev–Trinajstić information content (AvgIpc) is 3.42. The molecule has 0 fully saturated rings. The molecular formula is C26H23F6N5O2S. The van der Waals surface area contributed by atoms with Crippen molar-refractivity contribution < 1.29 is 35.9 Å². The highest BCUT2D eigenvalue weighted by Gasteiger charge is 2.38. The van der Waals surface area contributed by atoms with E-state index in [2.05, 4.69) is 15.4 Å². The zero-order chi connectivity index (χ0) is 29.2. The van der Waals surface area contributed by atoms with Crippen LogP contribution in [-0.4, -0.2) is 51.8 Å². The summed E-state index contributed by atoms with van der Waals surface area (Å²) in [6.07, 6.45) is -5.98. The van der Waals surface area contributed by atoms with E-state index in [1.807, 2.05) is 4.90 Å². The summed E-state index contributed by atoms with van der Waals surface area (Å²) < 4.78 is 80.8. The number of benzene rings is 2. The Balaban J connectivity index is 1.55. The smallest absolute Gasteiger partial charge is 0.359 e. The van der Waals surface area contributed by atoms with Gasteiger partial charge in [-0.15, -0.1) is 0 Å². The number of amides is 2. The van der Waals surface area contributed by atoms with E-state index in [0.29, 0.717) is 52.8 Å². The highest BCUT2D eigenvalue weighted by Crippen LogP contribution is 2.38. The molecule has 14 heteroatoms. The van der Waals surface area contributed by atoms with Gasteiger partial charge in [-0.05, 0) is 59.7 Å². The Hall–Kier alpha value is -3.81. The van der Waals surface area contributed by atoms with Gasteiger partial charge in [0.05, 0.1) is 28.1 Å². The van der Waals surface area contributed by atoms with Crippen LogP contribution in [0.1, 0.15) is 35.6 Å². The third-order valence-electron chi connectivity index (χ3n) is 5.97. The second kappa shape index (κ2) is 11.4. The highest BCUT2D eigenvalue weighted by atomic mass is 32.2. The number of amidine groups is 1. The fourth-order valence-corrected chi connectivity index (χ4v) is 4.91. The van der Waals surface area contributed by atoms with Crippen LogP contribution in [0.2, 0.25) is 0 Å². The SMILES string of the molecule is CC(=O)NCCCN(C)C1=NC(=O)S/C1=C\c1ccc2nn(Cc3ccc(C(F)(F)F)cc3C(F)(F)F)cc2c1. The third kappa shape index (κ3) is 7.03. The van der Waals surface area contributed by atoms with Gasteiger partial charge in [-0.2, -0.15) is 36.4 Å². The molecule has 0 radical (unpaired) electrons. The number of aromatic nitrogens is 2. The molecule has 2 heterocycles. The van der Waals surface area contributed by atoms with Crippen LogP contribution < -0.4 is 5.32 Å². The first-order chi connectivity index (χ1) is 18.7. The molecule has 1 aliphatic rings. The summed E-state index contributed by atoms with van der Waals surface area (Å²) >= 11 is 0.960. The van der Waals surface area contributed by atoms with Gasteiger partial charge in [0.25, 0.3) is 0 Å². The monoisotopic (exact) mass is 583 g/mol. The lowest BCUT2D eigenvalue weighted by molar-refractivity contribution is -0.143. The Morgan fingerprint density at radius 1 is 1.10 bits per heavy atom. The van der Waals surface area contributed by atoms with Crippen LogP contribution >= 0.6 is 11.8 Å². The number of rotatable bonds is 7. The van der Waals surface area contributed by atoms with Gasteiger partial charge < -0.3 is 10.2 Å². The number of hydrogen-bond acceptors (Lipinski definition) is 5. The van der Waals surface area contributed by atoms with Gasteiger partial charge in [0.2, 0.25) is 5.91 Å². The number of carbonyl (C=O) groups is 2. The van der Waals surface area contributed by atoms with Crippen LogP contribution in [0.3, 0.4) is 0 Å². The van der Waals surface area contributed by atoms with E-state index in [1.165, 1.54) is 17.8 Å². The van der Waals surface area contributed by atoms with Crippen LogP contribution in [0.25, 0.3) is 17.0 Å². The number of alkyl halides is 6. The molecule has 1 aromatic heterocycles. The van der Waals surface area contributed by atoms with E-state index < -0.39 is 23.5 Å². The molecular weight excluding hydrogens is 560 g/mol. The van der Waals surface area contributed by atoms with Crippen molar-refractivity contribution >= 4 is 45.7 Å². The molecule has 1 N–H and O–H groups in total. The minimum Gasteiger partial charge on any atom is -0.359 e. The molecule has 40 heavy (non-hydrogen) atoms. The molecule has 0 unspecified atom stereocenters. The fraction of sp³-hybridized carbons (Fsp3) is 0.308. The number of hydrogen-bond donors (Lipinski definition) is 1. The van der Waals surface area contributed by atoms with Crippen molar-refractivity contribution in [3.63, 3.8) is 0 Å². The van der Waals surface area contributed by atoms with E-state index >= 15 is 0 Å². The molecule has 212 valence electrons. The minimum atomic E-state index is -4.98. The van der Waals surface area contributed by atoms with Crippen LogP contribution in [0.15, 0.2) is 52.5 Å². The van der Waals surface area contributed by atoms with Crippen LogP contribution in [0, 0.1) is 0 Å². The van der Waals surface area contributed by atoms with E-state index in [-0.39, 0.29) is 29.3 Å². The summed E-state index contributed by atoms with van der Waals surface area (Å²) in [6, 6.07) is 6.67. The molecule has 0 aliphatic carbocycles. The molecule has 0 atom stereocenters. The topological polar surface area (TPSA) is 79.6 Å². The number of carbonyl (C=O) groups excluding carboxylic acids is 2. The summed E-state index contributed by atoms with van der Waals surface area (Å²) in [4.78, 5) is 29.6. The average molecular weight is 584 g/mol. The summed E-state index contributed by atoms with van der Waals surface area (Å²) in [7, 11) is 1.78. The van der Waals surface area contributed by atoms with Crippen molar-refractivity contribution in [3.8, 4) is 0 Å². The van der Waals surface area contributed by atoms with Crippen molar-refractivity contribution in [2.75, 3.05) is 20.1 Å². The molecule has 2 aromatic carbocycles. The van der Waals surface area contributed by atoms with Crippen molar-refractivity contribution in [1.29, 1.82) is 0 Å². The first kappa shape index (κ1) is 29.2. The lowest BCUT2D eigenvalue weighted by Crippen LogP contribution is -2.30. The summed E-state index contributed by atoms with van der Waals surface area (Å²) in [5.74, 6) is 0.349. The van der Waals surface area contributed by atoms with Crippen LogP contribution in [0.4, 0.5) is 31.1 Å². The first-order valence-corrected chi connectivity index (χ1v) is 12.7. The second-order valence-corrected chi connectivity index (χ2v) is 10.1. The maximum Gasteiger partial charge on any atom is 0.416 e. The summed E-state index contributed by atoms with van der Waals surface area (Å²) in [6.45, 7) is 2.06. The van der Waals surface area contributed by atoms with E-state index in [9.17, 15) is 35.9 Å². The van der Waals surface area contributed by atoms with Crippen molar-refractivity contribution in [2.24, 2.45) is 4.99 Å². The fourth-order valence-electron chi connectivity index (χ4n) is 4.10. The standard InChI is InChI=1S/C26H23F6N5O2S/c1-15(38)33-8-3-9-36(2)23-22(40-24(39)34-23)11-16-4-7-21-18(10-16)14-37(35-21)13-17-5-6-19(25(27,28)29)12-20(17)26(30,31)32/h4-7,10-12,14H,3,8-9,13H2,1-2H3,(H,33,38)/b22-11-. The molecule has 3 aromatic rings. The van der Waals surface area contributed by atoms with E-state index in [4.69, 9.17) is 0 Å². The van der Waals surface area contributed by atoms with Crippen molar-refractivity contribution in [1.82, 2.24) is 20.0 Å². The Labute approximate surface area is 228 Å². The van der Waals surface area contributed by atoms with E-state index in [0.717, 1.165) is 17.8 Å². The lowest BCUT2D eigenvalue weighted by atomic mass is 10.0. The third-order valence-corrected chi connectivity index (χ3v) is 6.76. The number of aliphatic imine (C=N–C) groups is 1. The molecule has 0 saturated heterocycles.